The molecule has 0 saturated carbocycles. The van der Waals surface area contributed by atoms with Crippen LogP contribution in [0.1, 0.15) is 18.7 Å². The number of fused-ring (bicyclic) bond motifs is 1. The van der Waals surface area contributed by atoms with E-state index in [9.17, 15) is 4.21 Å². The van der Waals surface area contributed by atoms with Crippen molar-refractivity contribution in [2.24, 2.45) is 0 Å². The van der Waals surface area contributed by atoms with Crippen LogP contribution in [0.4, 0.5) is 0 Å². The normalized spacial score (nSPS) is 29.6. The molecular weight excluding hydrogens is 234 g/mol. The van der Waals surface area contributed by atoms with Gasteiger partial charge in [0.1, 0.15) is 11.3 Å². The Labute approximate surface area is 103 Å². The van der Waals surface area contributed by atoms with E-state index in [2.05, 4.69) is 12.2 Å². The molecule has 4 heteroatoms. The topological polar surface area (TPSA) is 42.2 Å². The van der Waals surface area contributed by atoms with Crippen LogP contribution in [0.25, 0.3) is 11.0 Å². The molecule has 1 aliphatic heterocycles. The summed E-state index contributed by atoms with van der Waals surface area (Å²) in [6.07, 6.45) is 0. The maximum absolute atomic E-state index is 11.7. The van der Waals surface area contributed by atoms with Gasteiger partial charge >= 0.3 is 0 Å². The van der Waals surface area contributed by atoms with E-state index in [1.165, 1.54) is 0 Å². The fraction of sp³-hybridized carbons (Fsp3) is 0.385. The third kappa shape index (κ3) is 2.15. The van der Waals surface area contributed by atoms with Crippen LogP contribution in [-0.4, -0.2) is 21.8 Å². The van der Waals surface area contributed by atoms with E-state index in [1.807, 2.05) is 30.3 Å². The molecule has 3 atom stereocenters. The minimum Gasteiger partial charge on any atom is -0.459 e. The molecule has 1 fully saturated rings. The van der Waals surface area contributed by atoms with Crippen LogP contribution in [0, 0.1) is 0 Å². The smallest absolute Gasteiger partial charge is 0.134 e. The van der Waals surface area contributed by atoms with Crippen molar-refractivity contribution in [3.05, 3.63) is 36.1 Å². The summed E-state index contributed by atoms with van der Waals surface area (Å²) >= 11 is 0. The van der Waals surface area contributed by atoms with Crippen molar-refractivity contribution in [1.82, 2.24) is 5.32 Å². The molecule has 0 amide bonds. The maximum atomic E-state index is 11.7. The molecule has 1 aromatic heterocycles. The van der Waals surface area contributed by atoms with Gasteiger partial charge < -0.3 is 9.73 Å². The summed E-state index contributed by atoms with van der Waals surface area (Å²) in [5.74, 6) is 2.27. The van der Waals surface area contributed by atoms with Crippen LogP contribution in [0.5, 0.6) is 0 Å². The van der Waals surface area contributed by atoms with Gasteiger partial charge in [-0.2, -0.15) is 0 Å². The van der Waals surface area contributed by atoms with E-state index >= 15 is 0 Å². The van der Waals surface area contributed by atoms with Crippen molar-refractivity contribution < 1.29 is 8.63 Å². The SMILES string of the molecule is CC1CS(=O)CC(c2cc3ccccc3o2)N1. The Bertz CT molecular complexity index is 530. The summed E-state index contributed by atoms with van der Waals surface area (Å²) < 4.78 is 17.5. The minimum absolute atomic E-state index is 0.0759. The lowest BCUT2D eigenvalue weighted by Crippen LogP contribution is -2.42. The summed E-state index contributed by atoms with van der Waals surface area (Å²) in [6.45, 7) is 2.06. The molecule has 0 spiro atoms. The highest BCUT2D eigenvalue weighted by Crippen LogP contribution is 2.26. The van der Waals surface area contributed by atoms with Crippen LogP contribution < -0.4 is 5.32 Å². The number of benzene rings is 1. The average Bonchev–Trinajstić information content (AvgIpc) is 2.71. The van der Waals surface area contributed by atoms with Crippen molar-refractivity contribution in [2.45, 2.75) is 19.0 Å². The van der Waals surface area contributed by atoms with Crippen molar-refractivity contribution in [1.29, 1.82) is 0 Å². The highest BCUT2D eigenvalue weighted by atomic mass is 32.2. The molecule has 17 heavy (non-hydrogen) atoms. The molecule has 3 rings (SSSR count). The zero-order valence-electron chi connectivity index (χ0n) is 9.68. The first-order valence-corrected chi connectivity index (χ1v) is 7.30. The Kier molecular flexibility index (Phi) is 2.76. The van der Waals surface area contributed by atoms with Crippen molar-refractivity contribution in [3.63, 3.8) is 0 Å². The Balaban J connectivity index is 1.95. The average molecular weight is 249 g/mol. The van der Waals surface area contributed by atoms with Gasteiger partial charge in [-0.15, -0.1) is 0 Å². The highest BCUT2D eigenvalue weighted by molar-refractivity contribution is 7.85. The molecule has 1 aliphatic rings. The van der Waals surface area contributed by atoms with Gasteiger partial charge in [0.15, 0.2) is 0 Å². The van der Waals surface area contributed by atoms with E-state index in [4.69, 9.17) is 4.42 Å². The minimum atomic E-state index is -0.745. The molecule has 0 bridgehead atoms. The van der Waals surface area contributed by atoms with Crippen molar-refractivity contribution in [2.75, 3.05) is 11.5 Å². The first kappa shape index (κ1) is 11.0. The Morgan fingerprint density at radius 2 is 2.18 bits per heavy atom. The molecule has 90 valence electrons. The van der Waals surface area contributed by atoms with Gasteiger partial charge in [-0.3, -0.25) is 4.21 Å². The predicted octanol–water partition coefficient (Wildman–Crippen LogP) is 2.21. The quantitative estimate of drug-likeness (QED) is 0.842. The predicted molar refractivity (Wildman–Crippen MR) is 69.4 cm³/mol. The molecule has 3 unspecified atom stereocenters. The largest absolute Gasteiger partial charge is 0.459 e. The van der Waals surface area contributed by atoms with Gasteiger partial charge in [-0.1, -0.05) is 18.2 Å². The number of hydrogen-bond acceptors (Lipinski definition) is 3. The van der Waals surface area contributed by atoms with Gasteiger partial charge in [0.25, 0.3) is 0 Å². The van der Waals surface area contributed by atoms with Gasteiger partial charge in [-0.25, -0.2) is 0 Å². The fourth-order valence-corrected chi connectivity index (χ4v) is 3.73. The number of furan rings is 1. The first-order chi connectivity index (χ1) is 8.22. The summed E-state index contributed by atoms with van der Waals surface area (Å²) in [6, 6.07) is 10.4. The van der Waals surface area contributed by atoms with Crippen LogP contribution in [0.2, 0.25) is 0 Å². The second-order valence-corrected chi connectivity index (χ2v) is 6.13. The van der Waals surface area contributed by atoms with Crippen molar-refractivity contribution in [3.8, 4) is 0 Å². The summed E-state index contributed by atoms with van der Waals surface area (Å²) in [7, 11) is -0.745. The molecule has 1 aromatic carbocycles. The molecule has 1 saturated heterocycles. The van der Waals surface area contributed by atoms with Crippen LogP contribution >= 0.6 is 0 Å². The summed E-state index contributed by atoms with van der Waals surface area (Å²) in [5.41, 5.74) is 0.897. The molecule has 0 radical (unpaired) electrons. The van der Waals surface area contributed by atoms with Crippen molar-refractivity contribution >= 4 is 21.8 Å². The lowest BCUT2D eigenvalue weighted by atomic mass is 10.2. The number of nitrogens with one attached hydrogen (secondary N) is 1. The molecule has 2 aromatic rings. The molecule has 0 aliphatic carbocycles. The summed E-state index contributed by atoms with van der Waals surface area (Å²) in [4.78, 5) is 0. The second-order valence-electron chi connectivity index (χ2n) is 4.58. The van der Waals surface area contributed by atoms with E-state index in [1.54, 1.807) is 0 Å². The molecular formula is C13H15NO2S. The van der Waals surface area contributed by atoms with Gasteiger partial charge in [0, 0.05) is 33.7 Å². The van der Waals surface area contributed by atoms with Gasteiger partial charge in [0.2, 0.25) is 0 Å². The van der Waals surface area contributed by atoms with Gasteiger partial charge in [-0.05, 0) is 19.1 Å². The molecule has 1 N–H and O–H groups in total. The third-order valence-corrected chi connectivity index (χ3v) is 4.64. The lowest BCUT2D eigenvalue weighted by Gasteiger charge is -2.26. The Morgan fingerprint density at radius 1 is 1.35 bits per heavy atom. The van der Waals surface area contributed by atoms with E-state index < -0.39 is 10.8 Å². The Morgan fingerprint density at radius 3 is 2.94 bits per heavy atom. The second kappa shape index (κ2) is 4.27. The number of para-hydroxylation sites is 1. The summed E-state index contributed by atoms with van der Waals surface area (Å²) in [5, 5.41) is 4.54. The maximum Gasteiger partial charge on any atom is 0.134 e. The standard InChI is InChI=1S/C13H15NO2S/c1-9-7-17(15)8-11(14-9)13-6-10-4-2-3-5-12(10)16-13/h2-6,9,11,14H,7-8H2,1H3. The monoisotopic (exact) mass is 249 g/mol. The van der Waals surface area contributed by atoms with E-state index in [-0.39, 0.29) is 12.1 Å². The zero-order valence-corrected chi connectivity index (χ0v) is 10.5. The number of hydrogen-bond donors (Lipinski definition) is 1. The molecule has 2 heterocycles. The van der Waals surface area contributed by atoms with Crippen LogP contribution in [-0.2, 0) is 10.8 Å². The van der Waals surface area contributed by atoms with E-state index in [0.717, 1.165) is 22.5 Å². The Hall–Kier alpha value is -1.13. The lowest BCUT2D eigenvalue weighted by molar-refractivity contribution is 0.416. The first-order valence-electron chi connectivity index (χ1n) is 5.82. The van der Waals surface area contributed by atoms with Crippen LogP contribution in [0.3, 0.4) is 0 Å². The molecule has 3 nitrogen and oxygen atoms in total. The van der Waals surface area contributed by atoms with E-state index in [0.29, 0.717) is 5.75 Å². The number of rotatable bonds is 1. The van der Waals surface area contributed by atoms with Crippen LogP contribution in [0.15, 0.2) is 34.7 Å². The third-order valence-electron chi connectivity index (χ3n) is 3.06. The zero-order chi connectivity index (χ0) is 11.8. The highest BCUT2D eigenvalue weighted by Gasteiger charge is 2.26. The fourth-order valence-electron chi connectivity index (χ4n) is 2.31. The van der Waals surface area contributed by atoms with Gasteiger partial charge in [0.05, 0.1) is 6.04 Å².